The number of hydrogen-bond donors (Lipinski definition) is 1. The van der Waals surface area contributed by atoms with Gasteiger partial charge in [-0.1, -0.05) is 17.7 Å². The van der Waals surface area contributed by atoms with Gasteiger partial charge in [0.15, 0.2) is 11.5 Å². The maximum Gasteiger partial charge on any atom is 0.244 e. The van der Waals surface area contributed by atoms with Gasteiger partial charge < -0.3 is 9.47 Å². The second kappa shape index (κ2) is 7.82. The fourth-order valence-electron chi connectivity index (χ4n) is 1.78. The van der Waals surface area contributed by atoms with E-state index in [1.165, 1.54) is 11.3 Å². The zero-order valence-electron chi connectivity index (χ0n) is 12.1. The summed E-state index contributed by atoms with van der Waals surface area (Å²) in [5.41, 5.74) is 3.29. The molecule has 22 heavy (non-hydrogen) atoms. The molecule has 0 saturated heterocycles. The monoisotopic (exact) mass is 338 g/mol. The smallest absolute Gasteiger partial charge is 0.244 e. The van der Waals surface area contributed by atoms with Crippen LogP contribution in [0.5, 0.6) is 11.5 Å². The van der Waals surface area contributed by atoms with Crippen LogP contribution >= 0.6 is 22.9 Å². The number of hydrogen-bond acceptors (Lipinski definition) is 5. The highest BCUT2D eigenvalue weighted by Crippen LogP contribution is 2.27. The number of nitrogens with one attached hydrogen (secondary N) is 1. The Labute approximate surface area is 137 Å². The maximum atomic E-state index is 11.8. The van der Waals surface area contributed by atoms with E-state index in [1.54, 1.807) is 38.6 Å². The first kappa shape index (κ1) is 16.3. The molecular formula is C15H15ClN2O3S. The minimum atomic E-state index is -0.217. The Hall–Kier alpha value is -2.05. The number of rotatable bonds is 6. The summed E-state index contributed by atoms with van der Waals surface area (Å²) in [5, 5.41) is 3.90. The van der Waals surface area contributed by atoms with E-state index in [-0.39, 0.29) is 12.3 Å². The Bertz CT molecular complexity index is 685. The van der Waals surface area contributed by atoms with E-state index >= 15 is 0 Å². The van der Waals surface area contributed by atoms with E-state index in [9.17, 15) is 4.79 Å². The van der Waals surface area contributed by atoms with Crippen molar-refractivity contribution in [3.8, 4) is 11.5 Å². The van der Waals surface area contributed by atoms with Gasteiger partial charge in [-0.3, -0.25) is 4.79 Å². The lowest BCUT2D eigenvalue weighted by molar-refractivity contribution is -0.120. The molecule has 0 aliphatic rings. The lowest BCUT2D eigenvalue weighted by Crippen LogP contribution is -2.19. The Kier molecular flexibility index (Phi) is 5.80. The molecule has 0 aliphatic heterocycles. The molecule has 2 aromatic rings. The Morgan fingerprint density at radius 3 is 2.68 bits per heavy atom. The summed E-state index contributed by atoms with van der Waals surface area (Å²) in [6, 6.07) is 8.94. The van der Waals surface area contributed by atoms with Crippen molar-refractivity contribution in [2.45, 2.75) is 6.42 Å². The van der Waals surface area contributed by atoms with Crippen LogP contribution in [0.1, 0.15) is 10.4 Å². The lowest BCUT2D eigenvalue weighted by Gasteiger charge is -2.09. The molecule has 5 nitrogen and oxygen atoms in total. The van der Waals surface area contributed by atoms with Crippen LogP contribution in [-0.4, -0.2) is 26.3 Å². The molecule has 1 amide bonds. The van der Waals surface area contributed by atoms with Gasteiger partial charge in [0.25, 0.3) is 0 Å². The van der Waals surface area contributed by atoms with Crippen LogP contribution in [0.25, 0.3) is 0 Å². The van der Waals surface area contributed by atoms with E-state index in [1.807, 2.05) is 12.1 Å². The van der Waals surface area contributed by atoms with Gasteiger partial charge in [-0.2, -0.15) is 5.10 Å². The molecule has 0 fully saturated rings. The SMILES string of the molecule is COc1ccc(CC(=O)N/N=C/c2ccc(Cl)s2)cc1OC. The van der Waals surface area contributed by atoms with Gasteiger partial charge in [-0.15, -0.1) is 11.3 Å². The first-order valence-corrected chi connectivity index (χ1v) is 7.60. The molecule has 0 bridgehead atoms. The average molecular weight is 339 g/mol. The van der Waals surface area contributed by atoms with Gasteiger partial charge in [-0.25, -0.2) is 5.43 Å². The van der Waals surface area contributed by atoms with E-state index < -0.39 is 0 Å². The molecule has 1 N–H and O–H groups in total. The van der Waals surface area contributed by atoms with Gasteiger partial charge in [-0.05, 0) is 29.8 Å². The number of thiophene rings is 1. The third-order valence-electron chi connectivity index (χ3n) is 2.79. The molecule has 2 rings (SSSR count). The molecule has 1 aromatic heterocycles. The molecule has 7 heteroatoms. The van der Waals surface area contributed by atoms with Crippen molar-refractivity contribution in [2.24, 2.45) is 5.10 Å². The van der Waals surface area contributed by atoms with Crippen LogP contribution in [-0.2, 0) is 11.2 Å². The zero-order chi connectivity index (χ0) is 15.9. The molecular weight excluding hydrogens is 324 g/mol. The number of carbonyl (C=O) groups is 1. The Balaban J connectivity index is 1.93. The van der Waals surface area contributed by atoms with Crippen molar-refractivity contribution in [1.82, 2.24) is 5.43 Å². The number of amides is 1. The van der Waals surface area contributed by atoms with Gasteiger partial charge in [0.2, 0.25) is 5.91 Å². The standard InChI is InChI=1S/C15H15ClN2O3S/c1-20-12-5-3-10(7-13(12)21-2)8-15(19)18-17-9-11-4-6-14(16)22-11/h3-7,9H,8H2,1-2H3,(H,18,19)/b17-9+. The van der Waals surface area contributed by atoms with Crippen LogP contribution in [0, 0.1) is 0 Å². The Morgan fingerprint density at radius 2 is 2.05 bits per heavy atom. The van der Waals surface area contributed by atoms with Gasteiger partial charge >= 0.3 is 0 Å². The Morgan fingerprint density at radius 1 is 1.27 bits per heavy atom. The number of halogens is 1. The first-order valence-electron chi connectivity index (χ1n) is 6.40. The molecule has 1 heterocycles. The summed E-state index contributed by atoms with van der Waals surface area (Å²) in [5.74, 6) is 0.995. The number of methoxy groups -OCH3 is 2. The fraction of sp³-hybridized carbons (Fsp3) is 0.200. The predicted octanol–water partition coefficient (Wildman–Crippen LogP) is 3.11. The summed E-state index contributed by atoms with van der Waals surface area (Å²) in [4.78, 5) is 12.7. The van der Waals surface area contributed by atoms with Crippen molar-refractivity contribution < 1.29 is 14.3 Å². The normalized spacial score (nSPS) is 10.7. The number of benzene rings is 1. The first-order chi connectivity index (χ1) is 10.6. The zero-order valence-corrected chi connectivity index (χ0v) is 13.7. The van der Waals surface area contributed by atoms with Crippen molar-refractivity contribution >= 4 is 35.1 Å². The number of nitrogens with zero attached hydrogens (tertiary/aromatic N) is 1. The molecule has 0 aliphatic carbocycles. The second-order valence-electron chi connectivity index (χ2n) is 4.30. The predicted molar refractivity (Wildman–Crippen MR) is 88.3 cm³/mol. The topological polar surface area (TPSA) is 59.9 Å². The van der Waals surface area contributed by atoms with Crippen LogP contribution in [0.4, 0.5) is 0 Å². The van der Waals surface area contributed by atoms with Crippen molar-refractivity contribution in [3.05, 3.63) is 45.1 Å². The minimum Gasteiger partial charge on any atom is -0.493 e. The van der Waals surface area contributed by atoms with Crippen LogP contribution in [0.15, 0.2) is 35.4 Å². The van der Waals surface area contributed by atoms with Gasteiger partial charge in [0.1, 0.15) is 0 Å². The van der Waals surface area contributed by atoms with Gasteiger partial charge in [0, 0.05) is 4.88 Å². The average Bonchev–Trinajstić information content (AvgIpc) is 2.92. The quantitative estimate of drug-likeness (QED) is 0.650. The molecule has 116 valence electrons. The number of ether oxygens (including phenoxy) is 2. The molecule has 1 aromatic carbocycles. The summed E-state index contributed by atoms with van der Waals surface area (Å²) in [6.45, 7) is 0. The van der Waals surface area contributed by atoms with E-state index in [0.717, 1.165) is 10.4 Å². The third-order valence-corrected chi connectivity index (χ3v) is 3.95. The maximum absolute atomic E-state index is 11.8. The number of carbonyl (C=O) groups excluding carboxylic acids is 1. The summed E-state index contributed by atoms with van der Waals surface area (Å²) in [6.07, 6.45) is 1.76. The van der Waals surface area contributed by atoms with E-state index in [0.29, 0.717) is 15.8 Å². The van der Waals surface area contributed by atoms with Crippen LogP contribution in [0.3, 0.4) is 0 Å². The highest BCUT2D eigenvalue weighted by Gasteiger charge is 2.07. The summed E-state index contributed by atoms with van der Waals surface area (Å²) >= 11 is 7.20. The molecule has 0 radical (unpaired) electrons. The second-order valence-corrected chi connectivity index (χ2v) is 6.05. The van der Waals surface area contributed by atoms with Crippen LogP contribution in [0.2, 0.25) is 4.34 Å². The largest absolute Gasteiger partial charge is 0.493 e. The molecule has 0 spiro atoms. The molecule has 0 saturated carbocycles. The van der Waals surface area contributed by atoms with E-state index in [4.69, 9.17) is 21.1 Å². The highest BCUT2D eigenvalue weighted by molar-refractivity contribution is 7.17. The fourth-order valence-corrected chi connectivity index (χ4v) is 2.71. The molecule has 0 atom stereocenters. The summed E-state index contributed by atoms with van der Waals surface area (Å²) in [7, 11) is 3.12. The van der Waals surface area contributed by atoms with Gasteiger partial charge in [0.05, 0.1) is 31.2 Å². The lowest BCUT2D eigenvalue weighted by atomic mass is 10.1. The van der Waals surface area contributed by atoms with Crippen molar-refractivity contribution in [1.29, 1.82) is 0 Å². The summed E-state index contributed by atoms with van der Waals surface area (Å²) < 4.78 is 11.0. The third kappa shape index (κ3) is 4.47. The number of hydrazone groups is 1. The van der Waals surface area contributed by atoms with Crippen molar-refractivity contribution in [2.75, 3.05) is 14.2 Å². The highest BCUT2D eigenvalue weighted by atomic mass is 35.5. The minimum absolute atomic E-state index is 0.197. The molecule has 0 unspecified atom stereocenters. The van der Waals surface area contributed by atoms with E-state index in [2.05, 4.69) is 10.5 Å². The van der Waals surface area contributed by atoms with Crippen molar-refractivity contribution in [3.63, 3.8) is 0 Å². The van der Waals surface area contributed by atoms with Crippen LogP contribution < -0.4 is 14.9 Å².